The first kappa shape index (κ1) is 8.61. The maximum absolute atomic E-state index is 8.44. The average molecular weight is 160 g/mol. The lowest BCUT2D eigenvalue weighted by Crippen LogP contribution is -1.93. The van der Waals surface area contributed by atoms with Crippen LogP contribution in [0.4, 0.5) is 5.69 Å². The minimum absolute atomic E-state index is 0.903. The van der Waals surface area contributed by atoms with E-state index in [4.69, 9.17) is 5.26 Å². The smallest absolute Gasteiger partial charge is 0.181 e. The first-order chi connectivity index (χ1) is 5.65. The van der Waals surface area contributed by atoms with Gasteiger partial charge in [0, 0.05) is 0 Å². The van der Waals surface area contributed by atoms with Crippen LogP contribution in [0.15, 0.2) is 12.1 Å². The molecule has 0 atom stereocenters. The van der Waals surface area contributed by atoms with Gasteiger partial charge in [0.15, 0.2) is 6.19 Å². The maximum Gasteiger partial charge on any atom is 0.181 e. The van der Waals surface area contributed by atoms with E-state index in [-0.39, 0.29) is 0 Å². The lowest BCUT2D eigenvalue weighted by Gasteiger charge is -2.06. The van der Waals surface area contributed by atoms with Gasteiger partial charge in [-0.2, -0.15) is 5.26 Å². The highest BCUT2D eigenvalue weighted by Gasteiger charge is 1.99. The Kier molecular flexibility index (Phi) is 2.35. The Morgan fingerprint density at radius 3 is 2.25 bits per heavy atom. The number of hydrogen-bond acceptors (Lipinski definition) is 2. The predicted molar refractivity (Wildman–Crippen MR) is 49.9 cm³/mol. The number of nitrogens with one attached hydrogen (secondary N) is 1. The van der Waals surface area contributed by atoms with Crippen LogP contribution in [0.3, 0.4) is 0 Å². The molecule has 62 valence electrons. The van der Waals surface area contributed by atoms with Crippen molar-refractivity contribution >= 4 is 5.69 Å². The molecule has 0 saturated heterocycles. The van der Waals surface area contributed by atoms with Gasteiger partial charge in [-0.1, -0.05) is 6.07 Å². The summed E-state index contributed by atoms with van der Waals surface area (Å²) in [4.78, 5) is 0. The lowest BCUT2D eigenvalue weighted by molar-refractivity contribution is 1.29. The van der Waals surface area contributed by atoms with Crippen LogP contribution in [-0.4, -0.2) is 0 Å². The molecule has 0 spiro atoms. The first-order valence-electron chi connectivity index (χ1n) is 3.88. The molecule has 0 aliphatic carbocycles. The van der Waals surface area contributed by atoms with Crippen molar-refractivity contribution in [2.24, 2.45) is 0 Å². The Bertz CT molecular complexity index is 334. The van der Waals surface area contributed by atoms with Crippen LogP contribution in [-0.2, 0) is 0 Å². The number of nitrogens with zero attached hydrogens (tertiary/aromatic N) is 1. The highest BCUT2D eigenvalue weighted by molar-refractivity contribution is 5.56. The third kappa shape index (κ3) is 1.57. The normalized spacial score (nSPS) is 9.17. The van der Waals surface area contributed by atoms with Gasteiger partial charge < -0.3 is 0 Å². The number of aryl methyl sites for hydroxylation is 3. The second-order valence-electron chi connectivity index (χ2n) is 2.99. The van der Waals surface area contributed by atoms with Gasteiger partial charge >= 0.3 is 0 Å². The van der Waals surface area contributed by atoms with E-state index in [1.807, 2.05) is 26.1 Å². The summed E-state index contributed by atoms with van der Waals surface area (Å²) in [6.07, 6.45) is 1.92. The summed E-state index contributed by atoms with van der Waals surface area (Å²) in [5.41, 5.74) is 4.48. The molecule has 1 aromatic rings. The Balaban J connectivity index is 3.16. The zero-order valence-electron chi connectivity index (χ0n) is 7.60. The van der Waals surface area contributed by atoms with Gasteiger partial charge in [0.05, 0.1) is 5.69 Å². The molecule has 0 aliphatic heterocycles. The summed E-state index contributed by atoms with van der Waals surface area (Å²) in [6.45, 7) is 6.10. The Morgan fingerprint density at radius 2 is 1.67 bits per heavy atom. The van der Waals surface area contributed by atoms with E-state index in [0.717, 1.165) is 11.3 Å². The largest absolute Gasteiger partial charge is 0.293 e. The number of rotatable bonds is 1. The summed E-state index contributed by atoms with van der Waals surface area (Å²) in [7, 11) is 0. The molecule has 2 heteroatoms. The van der Waals surface area contributed by atoms with Gasteiger partial charge in [0.1, 0.15) is 0 Å². The van der Waals surface area contributed by atoms with Gasteiger partial charge in [0.25, 0.3) is 0 Å². The van der Waals surface area contributed by atoms with Gasteiger partial charge in [-0.3, -0.25) is 5.32 Å². The lowest BCUT2D eigenvalue weighted by atomic mass is 10.1. The van der Waals surface area contributed by atoms with Crippen molar-refractivity contribution in [3.8, 4) is 6.19 Å². The number of hydrogen-bond donors (Lipinski definition) is 1. The van der Waals surface area contributed by atoms with Crippen molar-refractivity contribution in [3.05, 3.63) is 28.8 Å². The van der Waals surface area contributed by atoms with E-state index in [1.54, 1.807) is 0 Å². The molecule has 0 aliphatic rings. The number of anilines is 1. The second kappa shape index (κ2) is 3.27. The van der Waals surface area contributed by atoms with Crippen LogP contribution in [0.25, 0.3) is 0 Å². The van der Waals surface area contributed by atoms with Gasteiger partial charge in [0.2, 0.25) is 0 Å². The summed E-state index contributed by atoms with van der Waals surface area (Å²) in [5, 5.41) is 11.1. The topological polar surface area (TPSA) is 35.8 Å². The average Bonchev–Trinajstić information content (AvgIpc) is 2.01. The van der Waals surface area contributed by atoms with Crippen molar-refractivity contribution in [1.29, 1.82) is 5.26 Å². The SMILES string of the molecule is Cc1cc(C)c(NC#N)cc1C. The van der Waals surface area contributed by atoms with Crippen molar-refractivity contribution in [3.63, 3.8) is 0 Å². The van der Waals surface area contributed by atoms with Crippen LogP contribution >= 0.6 is 0 Å². The maximum atomic E-state index is 8.44. The zero-order valence-corrected chi connectivity index (χ0v) is 7.60. The van der Waals surface area contributed by atoms with Crippen molar-refractivity contribution in [2.75, 3.05) is 5.32 Å². The molecule has 1 aromatic carbocycles. The van der Waals surface area contributed by atoms with Crippen LogP contribution in [0.5, 0.6) is 0 Å². The van der Waals surface area contributed by atoms with Crippen LogP contribution in [0, 0.1) is 32.2 Å². The summed E-state index contributed by atoms with van der Waals surface area (Å²) < 4.78 is 0. The molecule has 1 rings (SSSR count). The molecule has 0 amide bonds. The van der Waals surface area contributed by atoms with Gasteiger partial charge in [-0.25, -0.2) is 0 Å². The Hall–Kier alpha value is -1.49. The van der Waals surface area contributed by atoms with Crippen molar-refractivity contribution < 1.29 is 0 Å². The molecule has 0 bridgehead atoms. The zero-order chi connectivity index (χ0) is 9.14. The van der Waals surface area contributed by atoms with Crippen molar-refractivity contribution in [1.82, 2.24) is 0 Å². The standard InChI is InChI=1S/C10H12N2/c1-7-4-9(3)10(12-6-11)5-8(7)2/h4-5,12H,1-3H3. The molecule has 0 radical (unpaired) electrons. The highest BCUT2D eigenvalue weighted by Crippen LogP contribution is 2.19. The molecule has 0 saturated carbocycles. The van der Waals surface area contributed by atoms with Crippen LogP contribution in [0.1, 0.15) is 16.7 Å². The quantitative estimate of drug-likeness (QED) is 0.506. The molecular formula is C10H12N2. The molecule has 12 heavy (non-hydrogen) atoms. The molecule has 0 fully saturated rings. The van der Waals surface area contributed by atoms with E-state index in [9.17, 15) is 0 Å². The Labute approximate surface area is 72.8 Å². The molecule has 1 N–H and O–H groups in total. The number of nitriles is 1. The van der Waals surface area contributed by atoms with E-state index < -0.39 is 0 Å². The second-order valence-corrected chi connectivity index (χ2v) is 2.99. The van der Waals surface area contributed by atoms with Gasteiger partial charge in [-0.15, -0.1) is 0 Å². The van der Waals surface area contributed by atoms with Gasteiger partial charge in [-0.05, 0) is 43.5 Å². The minimum Gasteiger partial charge on any atom is -0.293 e. The molecule has 0 unspecified atom stereocenters. The fraction of sp³-hybridized carbons (Fsp3) is 0.300. The van der Waals surface area contributed by atoms with Crippen LogP contribution < -0.4 is 5.32 Å². The predicted octanol–water partition coefficient (Wildman–Crippen LogP) is 2.50. The fourth-order valence-electron chi connectivity index (χ4n) is 1.16. The first-order valence-corrected chi connectivity index (χ1v) is 3.88. The molecular weight excluding hydrogens is 148 g/mol. The van der Waals surface area contributed by atoms with E-state index in [0.29, 0.717) is 0 Å². The van der Waals surface area contributed by atoms with E-state index in [2.05, 4.69) is 18.3 Å². The Morgan fingerprint density at radius 1 is 1.08 bits per heavy atom. The summed E-state index contributed by atoms with van der Waals surface area (Å²) in [6, 6.07) is 4.07. The molecule has 2 nitrogen and oxygen atoms in total. The van der Waals surface area contributed by atoms with E-state index in [1.165, 1.54) is 11.1 Å². The van der Waals surface area contributed by atoms with E-state index >= 15 is 0 Å². The highest BCUT2D eigenvalue weighted by atomic mass is 14.9. The summed E-state index contributed by atoms with van der Waals surface area (Å²) >= 11 is 0. The summed E-state index contributed by atoms with van der Waals surface area (Å²) in [5.74, 6) is 0. The molecule has 0 heterocycles. The minimum atomic E-state index is 0.903. The third-order valence-corrected chi connectivity index (χ3v) is 2.03. The monoisotopic (exact) mass is 160 g/mol. The third-order valence-electron chi connectivity index (χ3n) is 2.03. The fourth-order valence-corrected chi connectivity index (χ4v) is 1.16. The number of benzene rings is 1. The molecule has 0 aromatic heterocycles. The van der Waals surface area contributed by atoms with Crippen LogP contribution in [0.2, 0.25) is 0 Å². The van der Waals surface area contributed by atoms with Crippen molar-refractivity contribution in [2.45, 2.75) is 20.8 Å².